The summed E-state index contributed by atoms with van der Waals surface area (Å²) in [5, 5.41) is 4.06. The summed E-state index contributed by atoms with van der Waals surface area (Å²) >= 11 is 0. The van der Waals surface area contributed by atoms with E-state index in [1.807, 2.05) is 51.9 Å². The maximum atomic E-state index is 4.06. The molecule has 1 aromatic rings. The molecular weight excluding hydrogens is 150 g/mol. The topological polar surface area (TPSA) is 21.1 Å². The summed E-state index contributed by atoms with van der Waals surface area (Å²) < 4.78 is 1.89. The summed E-state index contributed by atoms with van der Waals surface area (Å²) in [5.41, 5.74) is 1.24. The first-order valence-corrected chi connectivity index (χ1v) is 4.32. The normalized spacial score (nSPS) is 9.50. The number of hydrogen-bond acceptors (Lipinski definition) is 2. The largest absolute Gasteiger partial charge is 0.304 e. The molecule has 3 nitrogen and oxygen atoms in total. The van der Waals surface area contributed by atoms with E-state index in [0.717, 1.165) is 6.54 Å². The van der Waals surface area contributed by atoms with Gasteiger partial charge in [0, 0.05) is 19.8 Å². The predicted molar refractivity (Wildman–Crippen MR) is 51.9 cm³/mol. The predicted octanol–water partition coefficient (Wildman–Crippen LogP) is 1.51. The Hall–Kier alpha value is -0.830. The van der Waals surface area contributed by atoms with Gasteiger partial charge in [0.05, 0.1) is 5.69 Å². The van der Waals surface area contributed by atoms with Gasteiger partial charge in [0.15, 0.2) is 0 Å². The number of nitrogens with zero attached hydrogens (tertiary/aromatic N) is 3. The van der Waals surface area contributed by atoms with Crippen LogP contribution in [0.25, 0.3) is 0 Å². The molecule has 0 saturated heterocycles. The minimum Gasteiger partial charge on any atom is -0.304 e. The maximum Gasteiger partial charge on any atom is 0.0520 e. The molecule has 1 aromatic heterocycles. The Balaban J connectivity index is 0.000000561. The van der Waals surface area contributed by atoms with Crippen molar-refractivity contribution in [1.82, 2.24) is 14.7 Å². The fourth-order valence-electron chi connectivity index (χ4n) is 0.880. The minimum atomic E-state index is 0.955. The van der Waals surface area contributed by atoms with E-state index in [0.29, 0.717) is 0 Å². The molecule has 0 N–H and O–H groups in total. The summed E-state index contributed by atoms with van der Waals surface area (Å²) in [6.45, 7) is 4.95. The van der Waals surface area contributed by atoms with Gasteiger partial charge in [-0.15, -0.1) is 0 Å². The first kappa shape index (κ1) is 11.2. The standard InChI is InChI=1S/C7H13N3.C2H6/c1-9(2)6-7-4-5-8-10(7)3;1-2/h4-5H,6H2,1-3H3;1-2H3. The van der Waals surface area contributed by atoms with Gasteiger partial charge in [-0.1, -0.05) is 13.8 Å². The number of rotatable bonds is 2. The monoisotopic (exact) mass is 169 g/mol. The van der Waals surface area contributed by atoms with Gasteiger partial charge in [-0.25, -0.2) is 0 Å². The molecule has 0 aliphatic heterocycles. The fraction of sp³-hybridized carbons (Fsp3) is 0.667. The molecule has 0 bridgehead atoms. The summed E-state index contributed by atoms with van der Waals surface area (Å²) in [6, 6.07) is 2.03. The lowest BCUT2D eigenvalue weighted by Gasteiger charge is -2.08. The summed E-state index contributed by atoms with van der Waals surface area (Å²) in [4.78, 5) is 2.12. The zero-order chi connectivity index (χ0) is 9.56. The third-order valence-corrected chi connectivity index (χ3v) is 1.40. The molecule has 0 radical (unpaired) electrons. The Morgan fingerprint density at radius 3 is 2.33 bits per heavy atom. The van der Waals surface area contributed by atoms with Crippen molar-refractivity contribution >= 4 is 0 Å². The Morgan fingerprint density at radius 2 is 2.00 bits per heavy atom. The van der Waals surface area contributed by atoms with Gasteiger partial charge in [-0.2, -0.15) is 5.10 Å². The van der Waals surface area contributed by atoms with E-state index in [9.17, 15) is 0 Å². The van der Waals surface area contributed by atoms with Gasteiger partial charge in [0.2, 0.25) is 0 Å². The molecule has 0 aromatic carbocycles. The molecule has 0 fully saturated rings. The van der Waals surface area contributed by atoms with E-state index < -0.39 is 0 Å². The van der Waals surface area contributed by atoms with Crippen LogP contribution < -0.4 is 0 Å². The molecule has 0 spiro atoms. The van der Waals surface area contributed by atoms with Crippen LogP contribution in [-0.2, 0) is 13.6 Å². The van der Waals surface area contributed by atoms with Crippen molar-refractivity contribution in [1.29, 1.82) is 0 Å². The third kappa shape index (κ3) is 3.53. The molecule has 1 rings (SSSR count). The van der Waals surface area contributed by atoms with Crippen molar-refractivity contribution in [3.8, 4) is 0 Å². The van der Waals surface area contributed by atoms with Crippen molar-refractivity contribution in [3.63, 3.8) is 0 Å². The third-order valence-electron chi connectivity index (χ3n) is 1.40. The lowest BCUT2D eigenvalue weighted by molar-refractivity contribution is 0.387. The molecule has 3 heteroatoms. The van der Waals surface area contributed by atoms with E-state index in [1.165, 1.54) is 5.69 Å². The number of aryl methyl sites for hydroxylation is 1. The highest BCUT2D eigenvalue weighted by Gasteiger charge is 1.97. The van der Waals surface area contributed by atoms with E-state index in [2.05, 4.69) is 10.00 Å². The van der Waals surface area contributed by atoms with Crippen LogP contribution in [0.15, 0.2) is 12.3 Å². The molecule has 0 saturated carbocycles. The highest BCUT2D eigenvalue weighted by Crippen LogP contribution is 1.97. The van der Waals surface area contributed by atoms with Gasteiger partial charge in [-0.3, -0.25) is 4.68 Å². The molecular formula is C9H19N3. The Labute approximate surface area is 75.0 Å². The zero-order valence-corrected chi connectivity index (χ0v) is 8.70. The molecule has 0 atom stereocenters. The molecule has 0 aliphatic rings. The summed E-state index contributed by atoms with van der Waals surface area (Å²) in [6.07, 6.45) is 1.82. The lowest BCUT2D eigenvalue weighted by Crippen LogP contribution is -2.13. The highest BCUT2D eigenvalue weighted by molar-refractivity contribution is 4.98. The molecule has 70 valence electrons. The van der Waals surface area contributed by atoms with Crippen LogP contribution in [0.4, 0.5) is 0 Å². The van der Waals surface area contributed by atoms with Gasteiger partial charge in [-0.05, 0) is 20.2 Å². The van der Waals surface area contributed by atoms with Crippen LogP contribution in [0.2, 0.25) is 0 Å². The van der Waals surface area contributed by atoms with Crippen molar-refractivity contribution < 1.29 is 0 Å². The summed E-state index contributed by atoms with van der Waals surface area (Å²) in [7, 11) is 6.05. The zero-order valence-electron chi connectivity index (χ0n) is 8.70. The SMILES string of the molecule is CC.CN(C)Cc1ccnn1C. The van der Waals surface area contributed by atoms with Crippen molar-refractivity contribution in [2.45, 2.75) is 20.4 Å². The quantitative estimate of drug-likeness (QED) is 0.669. The van der Waals surface area contributed by atoms with Gasteiger partial charge in [0.1, 0.15) is 0 Å². The van der Waals surface area contributed by atoms with Crippen molar-refractivity contribution in [2.24, 2.45) is 7.05 Å². The van der Waals surface area contributed by atoms with Crippen LogP contribution >= 0.6 is 0 Å². The van der Waals surface area contributed by atoms with Crippen molar-refractivity contribution in [2.75, 3.05) is 14.1 Å². The van der Waals surface area contributed by atoms with Crippen LogP contribution in [0.5, 0.6) is 0 Å². The maximum absolute atomic E-state index is 4.06. The second kappa shape index (κ2) is 5.77. The fourth-order valence-corrected chi connectivity index (χ4v) is 0.880. The second-order valence-electron chi connectivity index (χ2n) is 2.68. The Kier molecular flexibility index (Phi) is 5.37. The van der Waals surface area contributed by atoms with Gasteiger partial charge >= 0.3 is 0 Å². The Bertz CT molecular complexity index is 203. The van der Waals surface area contributed by atoms with E-state index in [4.69, 9.17) is 0 Å². The Morgan fingerprint density at radius 1 is 1.42 bits per heavy atom. The summed E-state index contributed by atoms with van der Waals surface area (Å²) in [5.74, 6) is 0. The molecule has 0 aliphatic carbocycles. The van der Waals surface area contributed by atoms with Crippen LogP contribution in [-0.4, -0.2) is 28.8 Å². The average molecular weight is 169 g/mol. The molecule has 0 unspecified atom stereocenters. The molecule has 1 heterocycles. The van der Waals surface area contributed by atoms with E-state index >= 15 is 0 Å². The highest BCUT2D eigenvalue weighted by atomic mass is 15.3. The molecule has 0 amide bonds. The first-order chi connectivity index (χ1) is 5.70. The lowest BCUT2D eigenvalue weighted by atomic mass is 10.4. The smallest absolute Gasteiger partial charge is 0.0520 e. The number of hydrogen-bond donors (Lipinski definition) is 0. The minimum absolute atomic E-state index is 0.955. The van der Waals surface area contributed by atoms with E-state index in [1.54, 1.807) is 0 Å². The van der Waals surface area contributed by atoms with Crippen LogP contribution in [0.3, 0.4) is 0 Å². The molecule has 12 heavy (non-hydrogen) atoms. The van der Waals surface area contributed by atoms with Gasteiger partial charge in [0.25, 0.3) is 0 Å². The average Bonchev–Trinajstić information content (AvgIpc) is 2.40. The van der Waals surface area contributed by atoms with Crippen LogP contribution in [0, 0.1) is 0 Å². The van der Waals surface area contributed by atoms with Crippen molar-refractivity contribution in [3.05, 3.63) is 18.0 Å². The van der Waals surface area contributed by atoms with Gasteiger partial charge < -0.3 is 4.90 Å². The first-order valence-electron chi connectivity index (χ1n) is 4.32. The number of aromatic nitrogens is 2. The second-order valence-corrected chi connectivity index (χ2v) is 2.68. The van der Waals surface area contributed by atoms with E-state index in [-0.39, 0.29) is 0 Å². The van der Waals surface area contributed by atoms with Crippen LogP contribution in [0.1, 0.15) is 19.5 Å².